The van der Waals surface area contributed by atoms with Crippen molar-refractivity contribution in [2.75, 3.05) is 38.5 Å². The van der Waals surface area contributed by atoms with E-state index in [1.54, 1.807) is 4.31 Å². The summed E-state index contributed by atoms with van der Waals surface area (Å²) in [5, 5.41) is 2.77. The van der Waals surface area contributed by atoms with Crippen molar-refractivity contribution < 1.29 is 22.0 Å². The number of hydrogen-bond acceptors (Lipinski definition) is 4. The number of nitrogens with one attached hydrogen (secondary N) is 1. The second-order valence-corrected chi connectivity index (χ2v) is 11.2. The molecule has 0 aromatic heterocycles. The van der Waals surface area contributed by atoms with E-state index < -0.39 is 33.1 Å². The highest BCUT2D eigenvalue weighted by atomic mass is 32.2. The van der Waals surface area contributed by atoms with Gasteiger partial charge in [0.05, 0.1) is 5.75 Å². The van der Waals surface area contributed by atoms with Gasteiger partial charge in [-0.1, -0.05) is 25.3 Å². The maximum atomic E-state index is 14.0. The Morgan fingerprint density at radius 2 is 1.65 bits per heavy atom. The molecule has 1 aromatic carbocycles. The van der Waals surface area contributed by atoms with Crippen LogP contribution in [0.15, 0.2) is 18.2 Å². The number of amides is 1. The predicted molar refractivity (Wildman–Crippen MR) is 114 cm³/mol. The fourth-order valence-corrected chi connectivity index (χ4v) is 6.85. The molecule has 0 atom stereocenters. The van der Waals surface area contributed by atoms with Gasteiger partial charge in [0.15, 0.2) is 0 Å². The molecule has 4 rings (SSSR count). The van der Waals surface area contributed by atoms with Crippen LogP contribution in [0.5, 0.6) is 0 Å². The molecule has 1 aromatic rings. The van der Waals surface area contributed by atoms with E-state index >= 15 is 0 Å². The SMILES string of the molecule is O=C(NCC1(N2CCN(S(=O)(=O)CC3CC3)CC2)CCCCC1)c1c(F)cccc1F. The van der Waals surface area contributed by atoms with Crippen molar-refractivity contribution in [3.05, 3.63) is 35.4 Å². The van der Waals surface area contributed by atoms with Gasteiger partial charge < -0.3 is 5.32 Å². The first kappa shape index (κ1) is 22.6. The van der Waals surface area contributed by atoms with Crippen LogP contribution in [0.1, 0.15) is 55.3 Å². The summed E-state index contributed by atoms with van der Waals surface area (Å²) >= 11 is 0. The molecule has 31 heavy (non-hydrogen) atoms. The Labute approximate surface area is 183 Å². The van der Waals surface area contributed by atoms with Gasteiger partial charge in [-0.05, 0) is 43.7 Å². The lowest BCUT2D eigenvalue weighted by molar-refractivity contribution is 0.0239. The van der Waals surface area contributed by atoms with E-state index in [1.165, 1.54) is 6.07 Å². The highest BCUT2D eigenvalue weighted by Gasteiger charge is 2.42. The minimum Gasteiger partial charge on any atom is -0.350 e. The van der Waals surface area contributed by atoms with Crippen molar-refractivity contribution in [2.45, 2.75) is 50.5 Å². The fraction of sp³-hybridized carbons (Fsp3) is 0.682. The molecular weight excluding hydrogens is 424 g/mol. The third-order valence-electron chi connectivity index (χ3n) is 7.00. The van der Waals surface area contributed by atoms with Crippen molar-refractivity contribution in [1.29, 1.82) is 0 Å². The van der Waals surface area contributed by atoms with E-state index in [4.69, 9.17) is 0 Å². The van der Waals surface area contributed by atoms with Crippen LogP contribution in [0.4, 0.5) is 8.78 Å². The van der Waals surface area contributed by atoms with Gasteiger partial charge in [0.25, 0.3) is 5.91 Å². The number of nitrogens with zero attached hydrogens (tertiary/aromatic N) is 2. The van der Waals surface area contributed by atoms with Crippen LogP contribution in [0, 0.1) is 17.6 Å². The van der Waals surface area contributed by atoms with Crippen molar-refractivity contribution in [2.24, 2.45) is 5.92 Å². The van der Waals surface area contributed by atoms with E-state index in [0.717, 1.165) is 57.1 Å². The summed E-state index contributed by atoms with van der Waals surface area (Å²) in [6.07, 6.45) is 6.92. The monoisotopic (exact) mass is 455 g/mol. The van der Waals surface area contributed by atoms with E-state index in [1.807, 2.05) is 0 Å². The highest BCUT2D eigenvalue weighted by molar-refractivity contribution is 7.89. The summed E-state index contributed by atoms with van der Waals surface area (Å²) < 4.78 is 54.8. The summed E-state index contributed by atoms with van der Waals surface area (Å²) in [7, 11) is -3.21. The van der Waals surface area contributed by atoms with Crippen LogP contribution in [-0.2, 0) is 10.0 Å². The maximum absolute atomic E-state index is 14.0. The molecule has 0 unspecified atom stereocenters. The Morgan fingerprint density at radius 3 is 2.23 bits per heavy atom. The molecule has 1 amide bonds. The largest absolute Gasteiger partial charge is 0.350 e. The normalized spacial score (nSPS) is 22.9. The molecule has 9 heteroatoms. The lowest BCUT2D eigenvalue weighted by Gasteiger charge is -2.49. The molecule has 1 aliphatic heterocycles. The number of sulfonamides is 1. The molecule has 1 heterocycles. The fourth-order valence-electron chi connectivity index (χ4n) is 4.99. The molecule has 3 fully saturated rings. The number of rotatable bonds is 7. The van der Waals surface area contributed by atoms with Gasteiger partial charge >= 0.3 is 0 Å². The van der Waals surface area contributed by atoms with E-state index in [9.17, 15) is 22.0 Å². The molecule has 2 aliphatic carbocycles. The van der Waals surface area contributed by atoms with E-state index in [-0.39, 0.29) is 11.3 Å². The Morgan fingerprint density at radius 1 is 1.03 bits per heavy atom. The molecule has 0 radical (unpaired) electrons. The third kappa shape index (κ3) is 5.09. The molecule has 3 aliphatic rings. The van der Waals surface area contributed by atoms with Gasteiger partial charge in [0, 0.05) is 38.3 Å². The number of benzene rings is 1. The first-order valence-electron chi connectivity index (χ1n) is 11.3. The zero-order valence-electron chi connectivity index (χ0n) is 17.8. The second kappa shape index (κ2) is 9.11. The Hall–Kier alpha value is -1.58. The van der Waals surface area contributed by atoms with Gasteiger partial charge in [0.1, 0.15) is 17.2 Å². The van der Waals surface area contributed by atoms with Crippen LogP contribution in [0.25, 0.3) is 0 Å². The summed E-state index contributed by atoms with van der Waals surface area (Å²) in [4.78, 5) is 14.8. The van der Waals surface area contributed by atoms with Gasteiger partial charge in [-0.2, -0.15) is 4.31 Å². The molecule has 172 valence electrons. The molecule has 0 spiro atoms. The van der Waals surface area contributed by atoms with Crippen LogP contribution in [0.2, 0.25) is 0 Å². The first-order chi connectivity index (χ1) is 14.8. The maximum Gasteiger partial charge on any atom is 0.257 e. The number of hydrogen-bond donors (Lipinski definition) is 1. The number of carbonyl (C=O) groups excluding carboxylic acids is 1. The molecular formula is C22H31F2N3O3S. The molecule has 6 nitrogen and oxygen atoms in total. The topological polar surface area (TPSA) is 69.7 Å². The summed E-state index contributed by atoms with van der Waals surface area (Å²) in [6, 6.07) is 3.40. The zero-order valence-corrected chi connectivity index (χ0v) is 18.6. The van der Waals surface area contributed by atoms with Crippen molar-refractivity contribution in [3.63, 3.8) is 0 Å². The second-order valence-electron chi connectivity index (χ2n) is 9.17. The standard InChI is InChI=1S/C22H31F2N3O3S/c23-18-5-4-6-19(24)20(18)21(28)25-16-22(9-2-1-3-10-22)26-11-13-27(14-12-26)31(29,30)15-17-7-8-17/h4-6,17H,1-3,7-16H2,(H,25,28). The summed E-state index contributed by atoms with van der Waals surface area (Å²) in [6.45, 7) is 2.41. The summed E-state index contributed by atoms with van der Waals surface area (Å²) in [5.41, 5.74) is -0.855. The van der Waals surface area contributed by atoms with Gasteiger partial charge in [0.2, 0.25) is 10.0 Å². The van der Waals surface area contributed by atoms with Crippen molar-refractivity contribution in [3.8, 4) is 0 Å². The van der Waals surface area contributed by atoms with Gasteiger partial charge in [-0.3, -0.25) is 9.69 Å². The molecule has 1 N–H and O–H groups in total. The van der Waals surface area contributed by atoms with Crippen LogP contribution in [-0.4, -0.2) is 67.5 Å². The minimum atomic E-state index is -3.21. The van der Waals surface area contributed by atoms with Crippen LogP contribution >= 0.6 is 0 Å². The van der Waals surface area contributed by atoms with Gasteiger partial charge in [-0.25, -0.2) is 17.2 Å². The Balaban J connectivity index is 1.42. The van der Waals surface area contributed by atoms with Crippen LogP contribution < -0.4 is 5.32 Å². The zero-order chi connectivity index (χ0) is 22.1. The average Bonchev–Trinajstić information content (AvgIpc) is 3.56. The molecule has 0 bridgehead atoms. The highest BCUT2D eigenvalue weighted by Crippen LogP contribution is 2.35. The lowest BCUT2D eigenvalue weighted by Crippen LogP contribution is -2.62. The number of carbonyl (C=O) groups is 1. The van der Waals surface area contributed by atoms with Crippen molar-refractivity contribution >= 4 is 15.9 Å². The van der Waals surface area contributed by atoms with E-state index in [0.29, 0.717) is 38.6 Å². The Kier molecular flexibility index (Phi) is 6.65. The quantitative estimate of drug-likeness (QED) is 0.687. The molecule has 2 saturated carbocycles. The first-order valence-corrected chi connectivity index (χ1v) is 12.9. The predicted octanol–water partition coefficient (Wildman–Crippen LogP) is 2.75. The van der Waals surface area contributed by atoms with Gasteiger partial charge in [-0.15, -0.1) is 0 Å². The average molecular weight is 456 g/mol. The Bertz CT molecular complexity index is 886. The number of piperazine rings is 1. The summed E-state index contributed by atoms with van der Waals surface area (Å²) in [5.74, 6) is -1.91. The van der Waals surface area contributed by atoms with E-state index in [2.05, 4.69) is 10.2 Å². The van der Waals surface area contributed by atoms with Crippen molar-refractivity contribution in [1.82, 2.24) is 14.5 Å². The third-order valence-corrected chi connectivity index (χ3v) is 9.04. The smallest absolute Gasteiger partial charge is 0.257 e. The minimum absolute atomic E-state index is 0.252. The number of halogens is 2. The van der Waals surface area contributed by atoms with Crippen LogP contribution in [0.3, 0.4) is 0 Å². The molecule has 1 saturated heterocycles. The lowest BCUT2D eigenvalue weighted by atomic mass is 9.79.